The third kappa shape index (κ3) is 3.79. The molecule has 0 bridgehead atoms. The summed E-state index contributed by atoms with van der Waals surface area (Å²) in [6, 6.07) is 16.7. The van der Waals surface area contributed by atoms with Gasteiger partial charge in [-0.25, -0.2) is 0 Å². The predicted octanol–water partition coefficient (Wildman–Crippen LogP) is 2.86. The zero-order valence-corrected chi connectivity index (χ0v) is 11.4. The molecule has 0 unspecified atom stereocenters. The van der Waals surface area contributed by atoms with Crippen molar-refractivity contribution >= 4 is 11.7 Å². The molecule has 0 aromatic heterocycles. The summed E-state index contributed by atoms with van der Waals surface area (Å²) in [6.07, 6.45) is 0.804. The average molecular weight is 267 g/mol. The molecule has 3 nitrogen and oxygen atoms in total. The number of nitrogens with one attached hydrogen (secondary N) is 1. The monoisotopic (exact) mass is 267 g/mol. The van der Waals surface area contributed by atoms with Crippen LogP contribution in [0.1, 0.15) is 33.2 Å². The number of hydrogen-bond donors (Lipinski definition) is 1. The summed E-state index contributed by atoms with van der Waals surface area (Å²) in [4.78, 5) is 23.1. The van der Waals surface area contributed by atoms with Crippen molar-refractivity contribution in [2.24, 2.45) is 0 Å². The van der Waals surface area contributed by atoms with Gasteiger partial charge in [-0.1, -0.05) is 42.5 Å². The van der Waals surface area contributed by atoms with E-state index < -0.39 is 0 Å². The maximum atomic E-state index is 11.9. The Morgan fingerprint density at radius 1 is 0.900 bits per heavy atom. The van der Waals surface area contributed by atoms with Crippen LogP contribution in [0.2, 0.25) is 0 Å². The van der Waals surface area contributed by atoms with Crippen molar-refractivity contribution in [1.29, 1.82) is 0 Å². The van der Waals surface area contributed by atoms with Gasteiger partial charge in [0.25, 0.3) is 5.91 Å². The number of carbonyl (C=O) groups excluding carboxylic acids is 2. The normalized spacial score (nSPS) is 10.1. The molecule has 2 rings (SSSR count). The van der Waals surface area contributed by atoms with E-state index in [-0.39, 0.29) is 11.7 Å². The fourth-order valence-corrected chi connectivity index (χ4v) is 1.92. The van der Waals surface area contributed by atoms with Gasteiger partial charge in [0.15, 0.2) is 5.78 Å². The lowest BCUT2D eigenvalue weighted by molar-refractivity contribution is 0.0952. The number of carbonyl (C=O) groups is 2. The first-order valence-corrected chi connectivity index (χ1v) is 6.60. The fraction of sp³-hybridized carbons (Fsp3) is 0.176. The van der Waals surface area contributed by atoms with Gasteiger partial charge in [-0.05, 0) is 31.0 Å². The minimum Gasteiger partial charge on any atom is -0.352 e. The van der Waals surface area contributed by atoms with E-state index in [0.717, 1.165) is 6.42 Å². The molecule has 0 fully saturated rings. The van der Waals surface area contributed by atoms with Crippen LogP contribution in [0.25, 0.3) is 0 Å². The first kappa shape index (κ1) is 14.0. The molecule has 1 amide bonds. The van der Waals surface area contributed by atoms with Crippen molar-refractivity contribution in [2.75, 3.05) is 6.54 Å². The lowest BCUT2D eigenvalue weighted by atomic mass is 10.1. The Morgan fingerprint density at radius 3 is 2.10 bits per heavy atom. The van der Waals surface area contributed by atoms with Crippen LogP contribution >= 0.6 is 0 Å². The number of amides is 1. The highest BCUT2D eigenvalue weighted by molar-refractivity contribution is 5.97. The van der Waals surface area contributed by atoms with Gasteiger partial charge in [0.1, 0.15) is 0 Å². The van der Waals surface area contributed by atoms with Crippen LogP contribution in [0.5, 0.6) is 0 Å². The summed E-state index contributed by atoms with van der Waals surface area (Å²) in [5.41, 5.74) is 2.38. The lowest BCUT2D eigenvalue weighted by Crippen LogP contribution is -2.25. The highest BCUT2D eigenvalue weighted by Gasteiger charge is 2.06. The summed E-state index contributed by atoms with van der Waals surface area (Å²) in [7, 11) is 0. The minimum atomic E-state index is -0.115. The van der Waals surface area contributed by atoms with E-state index in [9.17, 15) is 9.59 Å². The van der Waals surface area contributed by atoms with Crippen molar-refractivity contribution in [2.45, 2.75) is 13.3 Å². The summed E-state index contributed by atoms with van der Waals surface area (Å²) in [5, 5.41) is 2.87. The van der Waals surface area contributed by atoms with Crippen LogP contribution in [0.4, 0.5) is 0 Å². The van der Waals surface area contributed by atoms with Crippen molar-refractivity contribution in [3.8, 4) is 0 Å². The molecule has 0 aliphatic heterocycles. The van der Waals surface area contributed by atoms with Crippen molar-refractivity contribution in [3.63, 3.8) is 0 Å². The van der Waals surface area contributed by atoms with Gasteiger partial charge in [0, 0.05) is 17.7 Å². The van der Waals surface area contributed by atoms with Crippen LogP contribution in [0, 0.1) is 0 Å². The molecule has 0 aliphatic rings. The van der Waals surface area contributed by atoms with Crippen molar-refractivity contribution < 1.29 is 9.59 Å². The Kier molecular flexibility index (Phi) is 4.66. The standard InChI is InChI=1S/C17H17NO2/c1-13(19)15-7-9-16(10-8-15)17(20)18-12-11-14-5-3-2-4-6-14/h2-10H,11-12H2,1H3,(H,18,20). The maximum Gasteiger partial charge on any atom is 0.251 e. The summed E-state index contributed by atoms with van der Waals surface area (Å²) < 4.78 is 0. The Morgan fingerprint density at radius 2 is 1.50 bits per heavy atom. The third-order valence-electron chi connectivity index (χ3n) is 3.10. The Bertz CT molecular complexity index is 588. The number of benzene rings is 2. The fourth-order valence-electron chi connectivity index (χ4n) is 1.92. The Balaban J connectivity index is 1.87. The molecular weight excluding hydrogens is 250 g/mol. The van der Waals surface area contributed by atoms with E-state index in [1.807, 2.05) is 30.3 Å². The maximum absolute atomic E-state index is 11.9. The molecule has 0 radical (unpaired) electrons. The van der Waals surface area contributed by atoms with Gasteiger partial charge in [-0.2, -0.15) is 0 Å². The molecule has 2 aromatic rings. The first-order chi connectivity index (χ1) is 9.66. The van der Waals surface area contributed by atoms with E-state index in [4.69, 9.17) is 0 Å². The summed E-state index contributed by atoms with van der Waals surface area (Å²) >= 11 is 0. The predicted molar refractivity (Wildman–Crippen MR) is 78.9 cm³/mol. The second kappa shape index (κ2) is 6.66. The highest BCUT2D eigenvalue weighted by atomic mass is 16.1. The molecule has 102 valence electrons. The SMILES string of the molecule is CC(=O)c1ccc(C(=O)NCCc2ccccc2)cc1. The number of rotatable bonds is 5. The molecule has 0 atom stereocenters. The van der Waals surface area contributed by atoms with Gasteiger partial charge in [-0.15, -0.1) is 0 Å². The second-order valence-corrected chi connectivity index (χ2v) is 4.63. The van der Waals surface area contributed by atoms with Crippen molar-refractivity contribution in [1.82, 2.24) is 5.32 Å². The quantitative estimate of drug-likeness (QED) is 0.847. The molecule has 20 heavy (non-hydrogen) atoms. The van der Waals surface area contributed by atoms with Gasteiger partial charge in [0.2, 0.25) is 0 Å². The topological polar surface area (TPSA) is 46.2 Å². The van der Waals surface area contributed by atoms with E-state index in [2.05, 4.69) is 5.32 Å². The number of Topliss-reactive ketones (excluding diaryl/α,β-unsaturated/α-hetero) is 1. The molecule has 1 N–H and O–H groups in total. The van der Waals surface area contributed by atoms with Gasteiger partial charge < -0.3 is 5.32 Å². The zero-order valence-electron chi connectivity index (χ0n) is 11.4. The summed E-state index contributed by atoms with van der Waals surface area (Å²) in [6.45, 7) is 2.10. The van der Waals surface area contributed by atoms with Gasteiger partial charge in [0.05, 0.1) is 0 Å². The average Bonchev–Trinajstić information content (AvgIpc) is 2.48. The Hall–Kier alpha value is -2.42. The van der Waals surface area contributed by atoms with Crippen LogP contribution in [-0.2, 0) is 6.42 Å². The third-order valence-corrected chi connectivity index (χ3v) is 3.10. The molecule has 0 aliphatic carbocycles. The second-order valence-electron chi connectivity index (χ2n) is 4.63. The van der Waals surface area contributed by atoms with Crippen LogP contribution in [0.15, 0.2) is 54.6 Å². The number of ketones is 1. The van der Waals surface area contributed by atoms with Crippen LogP contribution in [0.3, 0.4) is 0 Å². The smallest absolute Gasteiger partial charge is 0.251 e. The van der Waals surface area contributed by atoms with Crippen LogP contribution < -0.4 is 5.32 Å². The lowest BCUT2D eigenvalue weighted by Gasteiger charge is -2.06. The van der Waals surface area contributed by atoms with E-state index in [0.29, 0.717) is 17.7 Å². The zero-order chi connectivity index (χ0) is 14.4. The molecule has 0 saturated heterocycles. The molecule has 0 saturated carbocycles. The van der Waals surface area contributed by atoms with Crippen molar-refractivity contribution in [3.05, 3.63) is 71.3 Å². The van der Waals surface area contributed by atoms with Crippen LogP contribution in [-0.4, -0.2) is 18.2 Å². The molecular formula is C17H17NO2. The first-order valence-electron chi connectivity index (χ1n) is 6.60. The highest BCUT2D eigenvalue weighted by Crippen LogP contribution is 2.05. The van der Waals surface area contributed by atoms with E-state index in [1.165, 1.54) is 12.5 Å². The largest absolute Gasteiger partial charge is 0.352 e. The van der Waals surface area contributed by atoms with E-state index >= 15 is 0 Å². The molecule has 0 spiro atoms. The molecule has 0 heterocycles. The Labute approximate surface area is 118 Å². The van der Waals surface area contributed by atoms with Gasteiger partial charge >= 0.3 is 0 Å². The molecule has 2 aromatic carbocycles. The number of hydrogen-bond acceptors (Lipinski definition) is 2. The van der Waals surface area contributed by atoms with E-state index in [1.54, 1.807) is 24.3 Å². The molecule has 3 heteroatoms. The minimum absolute atomic E-state index is 0.000959. The summed E-state index contributed by atoms with van der Waals surface area (Å²) in [5.74, 6) is -0.114. The van der Waals surface area contributed by atoms with Gasteiger partial charge in [-0.3, -0.25) is 9.59 Å².